The van der Waals surface area contributed by atoms with Crippen molar-refractivity contribution in [3.63, 3.8) is 0 Å². The van der Waals surface area contributed by atoms with Gasteiger partial charge in [-0.05, 0) is 12.0 Å². The third kappa shape index (κ3) is 7.33. The lowest BCUT2D eigenvalue weighted by molar-refractivity contribution is -0.121. The van der Waals surface area contributed by atoms with Crippen LogP contribution in [0, 0.1) is 17.2 Å². The Morgan fingerprint density at radius 2 is 2.14 bits per heavy atom. The first kappa shape index (κ1) is 17.0. The van der Waals surface area contributed by atoms with Crippen LogP contribution < -0.4 is 15.4 Å². The number of carbonyl (C=O) groups is 1. The van der Waals surface area contributed by atoms with E-state index in [2.05, 4.69) is 24.5 Å². The lowest BCUT2D eigenvalue weighted by atomic mass is 10.2. The average Bonchev–Trinajstić information content (AvgIpc) is 2.48. The summed E-state index contributed by atoms with van der Waals surface area (Å²) in [6.45, 7) is 6.10. The quantitative estimate of drug-likeness (QED) is 0.680. The van der Waals surface area contributed by atoms with E-state index >= 15 is 0 Å². The van der Waals surface area contributed by atoms with Gasteiger partial charge in [0.25, 0.3) is 0 Å². The second-order valence-corrected chi connectivity index (χ2v) is 5.18. The molecule has 0 saturated heterocycles. The number of hydrogen-bond donors (Lipinski definition) is 2. The molecule has 1 amide bonds. The van der Waals surface area contributed by atoms with Gasteiger partial charge in [0, 0.05) is 31.6 Å². The zero-order valence-electron chi connectivity index (χ0n) is 12.7. The van der Waals surface area contributed by atoms with Gasteiger partial charge in [0.05, 0.1) is 0 Å². The summed E-state index contributed by atoms with van der Waals surface area (Å²) in [5, 5.41) is 14.6. The van der Waals surface area contributed by atoms with Gasteiger partial charge in [0.15, 0.2) is 6.61 Å². The lowest BCUT2D eigenvalue weighted by Gasteiger charge is -2.11. The van der Waals surface area contributed by atoms with Crippen molar-refractivity contribution in [2.75, 3.05) is 19.7 Å². The zero-order chi connectivity index (χ0) is 15.5. The molecule has 0 bridgehead atoms. The third-order valence-corrected chi connectivity index (χ3v) is 2.82. The van der Waals surface area contributed by atoms with E-state index in [1.165, 1.54) is 0 Å². The van der Waals surface area contributed by atoms with E-state index in [0.717, 1.165) is 5.56 Å². The van der Waals surface area contributed by atoms with Gasteiger partial charge in [-0.2, -0.15) is 5.26 Å². The Hall–Kier alpha value is -2.06. The number of para-hydroxylation sites is 1. The number of hydrogen-bond acceptors (Lipinski definition) is 4. The van der Waals surface area contributed by atoms with Crippen LogP contribution in [0.5, 0.6) is 5.75 Å². The van der Waals surface area contributed by atoms with E-state index in [1.54, 1.807) is 0 Å². The van der Waals surface area contributed by atoms with Gasteiger partial charge in [-0.25, -0.2) is 0 Å². The summed E-state index contributed by atoms with van der Waals surface area (Å²) in [5.41, 5.74) is 0.982. The monoisotopic (exact) mass is 289 g/mol. The lowest BCUT2D eigenvalue weighted by Crippen LogP contribution is -2.30. The molecule has 0 atom stereocenters. The molecule has 0 spiro atoms. The highest BCUT2D eigenvalue weighted by molar-refractivity contribution is 5.76. The molecule has 0 aliphatic rings. The van der Waals surface area contributed by atoms with Crippen molar-refractivity contribution in [3.8, 4) is 11.8 Å². The Labute approximate surface area is 126 Å². The van der Waals surface area contributed by atoms with Crippen molar-refractivity contribution in [1.82, 2.24) is 10.6 Å². The smallest absolute Gasteiger partial charge is 0.221 e. The molecule has 0 aliphatic heterocycles. The second kappa shape index (κ2) is 9.78. The maximum absolute atomic E-state index is 11.6. The predicted molar refractivity (Wildman–Crippen MR) is 81.7 cm³/mol. The molecule has 0 aromatic heterocycles. The van der Waals surface area contributed by atoms with E-state index in [4.69, 9.17) is 10.00 Å². The number of amides is 1. The van der Waals surface area contributed by atoms with E-state index in [9.17, 15) is 4.79 Å². The molecule has 21 heavy (non-hydrogen) atoms. The fourth-order valence-corrected chi connectivity index (χ4v) is 1.73. The summed E-state index contributed by atoms with van der Waals surface area (Å²) < 4.78 is 5.35. The summed E-state index contributed by atoms with van der Waals surface area (Å²) in [7, 11) is 0. The molecule has 1 rings (SSSR count). The van der Waals surface area contributed by atoms with Gasteiger partial charge < -0.3 is 15.4 Å². The van der Waals surface area contributed by atoms with Crippen LogP contribution in [0.1, 0.15) is 25.8 Å². The first-order valence-corrected chi connectivity index (χ1v) is 7.18. The molecule has 0 radical (unpaired) electrons. The molecular weight excluding hydrogens is 266 g/mol. The van der Waals surface area contributed by atoms with Gasteiger partial charge in [-0.3, -0.25) is 4.79 Å². The molecule has 1 aromatic rings. The van der Waals surface area contributed by atoms with Gasteiger partial charge in [-0.1, -0.05) is 32.0 Å². The number of nitrogens with one attached hydrogen (secondary N) is 2. The third-order valence-electron chi connectivity index (χ3n) is 2.82. The molecule has 0 heterocycles. The van der Waals surface area contributed by atoms with Crippen molar-refractivity contribution in [2.24, 2.45) is 5.92 Å². The molecule has 0 unspecified atom stereocenters. The minimum atomic E-state index is 0.0363. The Balaban J connectivity index is 2.29. The van der Waals surface area contributed by atoms with Gasteiger partial charge in [0.2, 0.25) is 5.91 Å². The highest BCUT2D eigenvalue weighted by Gasteiger charge is 2.04. The highest BCUT2D eigenvalue weighted by Crippen LogP contribution is 2.17. The number of carbonyl (C=O) groups excluding carboxylic acids is 1. The molecule has 2 N–H and O–H groups in total. The van der Waals surface area contributed by atoms with Crippen molar-refractivity contribution in [1.29, 1.82) is 5.26 Å². The molecular formula is C16H23N3O2. The Morgan fingerprint density at radius 3 is 2.86 bits per heavy atom. The summed E-state index contributed by atoms with van der Waals surface area (Å²) in [6, 6.07) is 9.53. The van der Waals surface area contributed by atoms with Crippen molar-refractivity contribution < 1.29 is 9.53 Å². The molecule has 0 saturated carbocycles. The van der Waals surface area contributed by atoms with Crippen molar-refractivity contribution in [2.45, 2.75) is 26.8 Å². The number of rotatable bonds is 9. The Kier molecular flexibility index (Phi) is 7.92. The van der Waals surface area contributed by atoms with E-state index < -0.39 is 0 Å². The molecule has 5 nitrogen and oxygen atoms in total. The Bertz CT molecular complexity index is 481. The average molecular weight is 289 g/mol. The van der Waals surface area contributed by atoms with Gasteiger partial charge >= 0.3 is 0 Å². The van der Waals surface area contributed by atoms with Crippen LogP contribution in [0.4, 0.5) is 0 Å². The largest absolute Gasteiger partial charge is 0.478 e. The van der Waals surface area contributed by atoms with Crippen molar-refractivity contribution >= 4 is 5.91 Å². The van der Waals surface area contributed by atoms with Crippen LogP contribution in [0.2, 0.25) is 0 Å². The predicted octanol–water partition coefficient (Wildman–Crippen LogP) is 1.84. The fourth-order valence-electron chi connectivity index (χ4n) is 1.73. The molecule has 0 fully saturated rings. The number of benzene rings is 1. The van der Waals surface area contributed by atoms with Crippen LogP contribution in [0.25, 0.3) is 0 Å². The molecule has 114 valence electrons. The van der Waals surface area contributed by atoms with Crippen LogP contribution in [0.15, 0.2) is 24.3 Å². The highest BCUT2D eigenvalue weighted by atomic mass is 16.5. The minimum absolute atomic E-state index is 0.0363. The van der Waals surface area contributed by atoms with Crippen LogP contribution in [-0.4, -0.2) is 25.6 Å². The van der Waals surface area contributed by atoms with Gasteiger partial charge in [-0.15, -0.1) is 0 Å². The fraction of sp³-hybridized carbons (Fsp3) is 0.500. The number of ether oxygens (including phenoxy) is 1. The second-order valence-electron chi connectivity index (χ2n) is 5.18. The maximum Gasteiger partial charge on any atom is 0.221 e. The summed E-state index contributed by atoms with van der Waals surface area (Å²) in [5.74, 6) is 1.23. The van der Waals surface area contributed by atoms with E-state index in [0.29, 0.717) is 37.7 Å². The maximum atomic E-state index is 11.6. The van der Waals surface area contributed by atoms with Crippen LogP contribution >= 0.6 is 0 Å². The SMILES string of the molecule is CC(C)CNC(=O)CCNCc1ccccc1OCC#N. The summed E-state index contributed by atoms with van der Waals surface area (Å²) in [6.07, 6.45) is 0.452. The zero-order valence-corrected chi connectivity index (χ0v) is 12.7. The first-order valence-electron chi connectivity index (χ1n) is 7.18. The standard InChI is InChI=1S/C16H23N3O2/c1-13(2)11-19-16(20)7-9-18-12-14-5-3-4-6-15(14)21-10-8-17/h3-6,13,18H,7,9-12H2,1-2H3,(H,19,20). The topological polar surface area (TPSA) is 74.2 Å². The summed E-state index contributed by atoms with van der Waals surface area (Å²) in [4.78, 5) is 11.6. The first-order chi connectivity index (χ1) is 10.1. The number of nitriles is 1. The molecule has 5 heteroatoms. The van der Waals surface area contributed by atoms with Crippen molar-refractivity contribution in [3.05, 3.63) is 29.8 Å². The van der Waals surface area contributed by atoms with E-state index in [-0.39, 0.29) is 12.5 Å². The van der Waals surface area contributed by atoms with Crippen LogP contribution in [-0.2, 0) is 11.3 Å². The summed E-state index contributed by atoms with van der Waals surface area (Å²) >= 11 is 0. The minimum Gasteiger partial charge on any atom is -0.478 e. The van der Waals surface area contributed by atoms with Crippen LogP contribution in [0.3, 0.4) is 0 Å². The molecule has 0 aliphatic carbocycles. The number of nitrogens with zero attached hydrogens (tertiary/aromatic N) is 1. The Morgan fingerprint density at radius 1 is 1.38 bits per heavy atom. The normalized spacial score (nSPS) is 10.2. The molecule has 1 aromatic carbocycles. The van der Waals surface area contributed by atoms with Gasteiger partial charge in [0.1, 0.15) is 11.8 Å². The van der Waals surface area contributed by atoms with E-state index in [1.807, 2.05) is 30.3 Å².